The standard InChI is InChI=1S/C13H18BrFN2O3/c1-13(19,3-4-20-2)7-17-12(18)8-5-11(16)10(15)6-9(8)14/h5-6,19H,3-4,7,16H2,1-2H3,(H,17,18). The van der Waals surface area contributed by atoms with Crippen molar-refractivity contribution in [2.24, 2.45) is 0 Å². The molecule has 1 rings (SSSR count). The molecule has 0 aromatic heterocycles. The molecule has 0 spiro atoms. The predicted octanol–water partition coefficient (Wildman–Crippen LogP) is 1.69. The first kappa shape index (κ1) is 16.9. The van der Waals surface area contributed by atoms with Crippen LogP contribution in [-0.4, -0.2) is 36.9 Å². The van der Waals surface area contributed by atoms with Crippen LogP contribution >= 0.6 is 15.9 Å². The Morgan fingerprint density at radius 1 is 1.60 bits per heavy atom. The van der Waals surface area contributed by atoms with Crippen molar-refractivity contribution in [3.05, 3.63) is 28.0 Å². The molecule has 1 aromatic rings. The van der Waals surface area contributed by atoms with E-state index in [1.54, 1.807) is 6.92 Å². The molecule has 20 heavy (non-hydrogen) atoms. The Morgan fingerprint density at radius 3 is 2.85 bits per heavy atom. The third kappa shape index (κ3) is 4.73. The van der Waals surface area contributed by atoms with Gasteiger partial charge in [0.05, 0.1) is 16.9 Å². The lowest BCUT2D eigenvalue weighted by Crippen LogP contribution is -2.41. The zero-order valence-corrected chi connectivity index (χ0v) is 13.0. The van der Waals surface area contributed by atoms with E-state index >= 15 is 0 Å². The summed E-state index contributed by atoms with van der Waals surface area (Å²) in [6, 6.07) is 2.38. The fraction of sp³-hybridized carbons (Fsp3) is 0.462. The van der Waals surface area contributed by atoms with Gasteiger partial charge in [0.2, 0.25) is 0 Å². The van der Waals surface area contributed by atoms with E-state index in [-0.39, 0.29) is 17.8 Å². The number of amides is 1. The highest BCUT2D eigenvalue weighted by Crippen LogP contribution is 2.22. The van der Waals surface area contributed by atoms with E-state index in [1.165, 1.54) is 13.2 Å². The highest BCUT2D eigenvalue weighted by molar-refractivity contribution is 9.10. The lowest BCUT2D eigenvalue weighted by Gasteiger charge is -2.23. The quantitative estimate of drug-likeness (QED) is 0.683. The molecular formula is C13H18BrFN2O3. The number of carbonyl (C=O) groups is 1. The van der Waals surface area contributed by atoms with Crippen molar-refractivity contribution in [1.82, 2.24) is 5.32 Å². The summed E-state index contributed by atoms with van der Waals surface area (Å²) in [4.78, 5) is 12.0. The maximum Gasteiger partial charge on any atom is 0.252 e. The smallest absolute Gasteiger partial charge is 0.252 e. The van der Waals surface area contributed by atoms with Crippen molar-refractivity contribution < 1.29 is 19.0 Å². The SMILES string of the molecule is COCCC(C)(O)CNC(=O)c1cc(N)c(F)cc1Br. The van der Waals surface area contributed by atoms with Crippen LogP contribution in [0.3, 0.4) is 0 Å². The average molecular weight is 349 g/mol. The van der Waals surface area contributed by atoms with Crippen LogP contribution in [0.1, 0.15) is 23.7 Å². The van der Waals surface area contributed by atoms with Crippen molar-refractivity contribution in [1.29, 1.82) is 0 Å². The molecule has 0 heterocycles. The molecule has 1 amide bonds. The van der Waals surface area contributed by atoms with E-state index in [4.69, 9.17) is 10.5 Å². The Kier molecular flexibility index (Phi) is 5.91. The van der Waals surface area contributed by atoms with Gasteiger partial charge in [-0.25, -0.2) is 4.39 Å². The minimum absolute atomic E-state index is 0.0545. The zero-order chi connectivity index (χ0) is 15.3. The van der Waals surface area contributed by atoms with Gasteiger partial charge in [-0.1, -0.05) is 0 Å². The third-order valence-electron chi connectivity index (χ3n) is 2.81. The Bertz CT molecular complexity index is 495. The van der Waals surface area contributed by atoms with Gasteiger partial charge in [0.25, 0.3) is 5.91 Å². The molecular weight excluding hydrogens is 331 g/mol. The number of carbonyl (C=O) groups excluding carboxylic acids is 1. The van der Waals surface area contributed by atoms with Crippen molar-refractivity contribution in [3.8, 4) is 0 Å². The van der Waals surface area contributed by atoms with Gasteiger partial charge >= 0.3 is 0 Å². The second kappa shape index (κ2) is 7.01. The minimum Gasteiger partial charge on any atom is -0.396 e. The molecule has 112 valence electrons. The number of nitrogen functional groups attached to an aromatic ring is 1. The number of halogens is 2. The topological polar surface area (TPSA) is 84.6 Å². The summed E-state index contributed by atoms with van der Waals surface area (Å²) in [6.07, 6.45) is 0.385. The van der Waals surface area contributed by atoms with Gasteiger partial charge in [-0.15, -0.1) is 0 Å². The Balaban J connectivity index is 2.70. The van der Waals surface area contributed by atoms with E-state index in [2.05, 4.69) is 21.2 Å². The second-order valence-electron chi connectivity index (χ2n) is 4.78. The van der Waals surface area contributed by atoms with Crippen LogP contribution in [0.15, 0.2) is 16.6 Å². The number of aliphatic hydroxyl groups is 1. The van der Waals surface area contributed by atoms with E-state index in [0.717, 1.165) is 6.07 Å². The lowest BCUT2D eigenvalue weighted by atomic mass is 10.0. The first-order valence-electron chi connectivity index (χ1n) is 6.01. The summed E-state index contributed by atoms with van der Waals surface area (Å²) in [7, 11) is 1.53. The number of rotatable bonds is 6. The number of benzene rings is 1. The summed E-state index contributed by atoms with van der Waals surface area (Å²) in [5, 5.41) is 12.6. The monoisotopic (exact) mass is 348 g/mol. The van der Waals surface area contributed by atoms with E-state index in [1.807, 2.05) is 0 Å². The Morgan fingerprint density at radius 2 is 2.25 bits per heavy atom. The Hall–Kier alpha value is -1.18. The summed E-state index contributed by atoms with van der Waals surface area (Å²) >= 11 is 3.11. The van der Waals surface area contributed by atoms with Gasteiger partial charge in [0.1, 0.15) is 5.82 Å². The van der Waals surface area contributed by atoms with Crippen LogP contribution in [0.4, 0.5) is 10.1 Å². The average Bonchev–Trinajstić information content (AvgIpc) is 2.38. The van der Waals surface area contributed by atoms with E-state index in [9.17, 15) is 14.3 Å². The van der Waals surface area contributed by atoms with Crippen molar-refractivity contribution >= 4 is 27.5 Å². The normalized spacial score (nSPS) is 13.8. The third-order valence-corrected chi connectivity index (χ3v) is 3.46. The Labute approximate surface area is 125 Å². The summed E-state index contributed by atoms with van der Waals surface area (Å²) < 4.78 is 18.4. The number of methoxy groups -OCH3 is 1. The maximum absolute atomic E-state index is 13.2. The van der Waals surface area contributed by atoms with Gasteiger partial charge in [0, 0.05) is 31.2 Å². The molecule has 1 aromatic carbocycles. The van der Waals surface area contributed by atoms with Gasteiger partial charge < -0.3 is 20.9 Å². The number of anilines is 1. The van der Waals surface area contributed by atoms with Crippen molar-refractivity contribution in [3.63, 3.8) is 0 Å². The molecule has 0 aliphatic carbocycles. The number of hydrogen-bond acceptors (Lipinski definition) is 4. The predicted molar refractivity (Wildman–Crippen MR) is 78.0 cm³/mol. The van der Waals surface area contributed by atoms with Crippen LogP contribution < -0.4 is 11.1 Å². The molecule has 0 aliphatic rings. The highest BCUT2D eigenvalue weighted by atomic mass is 79.9. The second-order valence-corrected chi connectivity index (χ2v) is 5.63. The first-order valence-corrected chi connectivity index (χ1v) is 6.80. The van der Waals surface area contributed by atoms with Gasteiger partial charge in [-0.05, 0) is 35.0 Å². The number of nitrogens with one attached hydrogen (secondary N) is 1. The number of ether oxygens (including phenoxy) is 1. The van der Waals surface area contributed by atoms with Gasteiger partial charge in [-0.2, -0.15) is 0 Å². The molecule has 0 aliphatic heterocycles. The van der Waals surface area contributed by atoms with Crippen LogP contribution in [0.5, 0.6) is 0 Å². The molecule has 0 bridgehead atoms. The maximum atomic E-state index is 13.2. The van der Waals surface area contributed by atoms with Crippen molar-refractivity contribution in [2.75, 3.05) is 26.0 Å². The molecule has 0 fully saturated rings. The van der Waals surface area contributed by atoms with Gasteiger partial charge in [0.15, 0.2) is 0 Å². The summed E-state index contributed by atoms with van der Waals surface area (Å²) in [5.41, 5.74) is 4.46. The number of hydrogen-bond donors (Lipinski definition) is 3. The molecule has 0 radical (unpaired) electrons. The number of nitrogens with two attached hydrogens (primary N) is 1. The molecule has 4 N–H and O–H groups in total. The molecule has 7 heteroatoms. The van der Waals surface area contributed by atoms with Crippen LogP contribution in [0.2, 0.25) is 0 Å². The fourth-order valence-corrected chi connectivity index (χ4v) is 2.01. The molecule has 5 nitrogen and oxygen atoms in total. The van der Waals surface area contributed by atoms with Crippen LogP contribution in [0, 0.1) is 5.82 Å². The highest BCUT2D eigenvalue weighted by Gasteiger charge is 2.22. The largest absolute Gasteiger partial charge is 0.396 e. The zero-order valence-electron chi connectivity index (χ0n) is 11.4. The fourth-order valence-electron chi connectivity index (χ4n) is 1.52. The van der Waals surface area contributed by atoms with Crippen molar-refractivity contribution in [2.45, 2.75) is 18.9 Å². The molecule has 0 saturated heterocycles. The molecule has 1 atom stereocenters. The summed E-state index contributed by atoms with van der Waals surface area (Å²) in [6.45, 7) is 2.04. The van der Waals surface area contributed by atoms with Crippen LogP contribution in [0.25, 0.3) is 0 Å². The van der Waals surface area contributed by atoms with E-state index < -0.39 is 17.3 Å². The summed E-state index contributed by atoms with van der Waals surface area (Å²) in [5.74, 6) is -1.04. The first-order chi connectivity index (χ1) is 9.26. The van der Waals surface area contributed by atoms with Gasteiger partial charge in [-0.3, -0.25) is 4.79 Å². The minimum atomic E-state index is -1.08. The molecule has 0 saturated carbocycles. The van der Waals surface area contributed by atoms with Crippen LogP contribution in [-0.2, 0) is 4.74 Å². The lowest BCUT2D eigenvalue weighted by molar-refractivity contribution is 0.0243. The van der Waals surface area contributed by atoms with E-state index in [0.29, 0.717) is 17.5 Å². The molecule has 1 unspecified atom stereocenters.